The number of hydrogen-bond donors (Lipinski definition) is 1. The fourth-order valence-electron chi connectivity index (χ4n) is 1.59. The lowest BCUT2D eigenvalue weighted by atomic mass is 10.00. The molecule has 0 rings (SSSR count). The first kappa shape index (κ1) is 16.8. The molecular weight excluding hydrogens is 245 g/mol. The molecule has 0 saturated carbocycles. The van der Waals surface area contributed by atoms with Gasteiger partial charge in [0.25, 0.3) is 0 Å². The van der Waals surface area contributed by atoms with Gasteiger partial charge in [-0.3, -0.25) is 4.79 Å². The van der Waals surface area contributed by atoms with Crippen LogP contribution in [0.1, 0.15) is 26.2 Å². The van der Waals surface area contributed by atoms with E-state index in [4.69, 9.17) is 12.2 Å². The van der Waals surface area contributed by atoms with E-state index in [-0.39, 0.29) is 19.5 Å². The third-order valence-electron chi connectivity index (χ3n) is 2.53. The third-order valence-corrected chi connectivity index (χ3v) is 2.53. The summed E-state index contributed by atoms with van der Waals surface area (Å²) in [5.41, 5.74) is 5.14. The van der Waals surface area contributed by atoms with E-state index in [1.54, 1.807) is 0 Å². The predicted octanol–water partition coefficient (Wildman–Crippen LogP) is 1.78. The molecule has 2 N–H and O–H groups in total. The summed E-state index contributed by atoms with van der Waals surface area (Å²) < 4.78 is 37.9. The molecule has 6 heteroatoms. The van der Waals surface area contributed by atoms with E-state index in [0.717, 1.165) is 0 Å². The Kier molecular flexibility index (Phi) is 7.44. The number of halogens is 3. The second-order valence-corrected chi connectivity index (χ2v) is 4.04. The smallest absolute Gasteiger partial charge is 0.332 e. The van der Waals surface area contributed by atoms with Gasteiger partial charge in [-0.05, 0) is 19.4 Å². The fourth-order valence-corrected chi connectivity index (χ4v) is 1.59. The quantitative estimate of drug-likeness (QED) is 0.712. The highest BCUT2D eigenvalue weighted by atomic mass is 19.4. The molecule has 0 spiro atoms. The van der Waals surface area contributed by atoms with Crippen LogP contribution in [0, 0.1) is 18.3 Å². The van der Waals surface area contributed by atoms with Crippen molar-refractivity contribution in [3.8, 4) is 12.3 Å². The highest BCUT2D eigenvalue weighted by molar-refractivity contribution is 5.76. The molecule has 18 heavy (non-hydrogen) atoms. The van der Waals surface area contributed by atoms with Gasteiger partial charge in [-0.15, -0.1) is 6.42 Å². The summed E-state index contributed by atoms with van der Waals surface area (Å²) in [5, 5.41) is 0. The Labute approximate surface area is 106 Å². The van der Waals surface area contributed by atoms with Gasteiger partial charge in [0, 0.05) is 13.0 Å². The molecule has 0 aromatic rings. The average molecular weight is 264 g/mol. The number of terminal acetylenes is 1. The maximum Gasteiger partial charge on any atom is 0.392 e. The highest BCUT2D eigenvalue weighted by Gasteiger charge is 2.40. The molecule has 0 aliphatic rings. The van der Waals surface area contributed by atoms with Crippen LogP contribution in [-0.2, 0) is 4.79 Å². The Morgan fingerprint density at radius 1 is 1.50 bits per heavy atom. The van der Waals surface area contributed by atoms with Crippen molar-refractivity contribution in [1.82, 2.24) is 4.90 Å². The molecule has 0 aliphatic carbocycles. The summed E-state index contributed by atoms with van der Waals surface area (Å²) >= 11 is 0. The van der Waals surface area contributed by atoms with Crippen molar-refractivity contribution in [2.75, 3.05) is 19.6 Å². The van der Waals surface area contributed by atoms with Crippen molar-refractivity contribution in [1.29, 1.82) is 0 Å². The minimum atomic E-state index is -4.40. The monoisotopic (exact) mass is 264 g/mol. The molecule has 1 amide bonds. The lowest BCUT2D eigenvalue weighted by Gasteiger charge is -2.24. The maximum absolute atomic E-state index is 12.6. The number of carbonyl (C=O) groups is 1. The van der Waals surface area contributed by atoms with Crippen molar-refractivity contribution in [3.63, 3.8) is 0 Å². The molecule has 0 fully saturated rings. The van der Waals surface area contributed by atoms with Gasteiger partial charge in [-0.25, -0.2) is 0 Å². The summed E-state index contributed by atoms with van der Waals surface area (Å²) in [5.74, 6) is 0.0245. The van der Waals surface area contributed by atoms with Crippen molar-refractivity contribution < 1.29 is 18.0 Å². The van der Waals surface area contributed by atoms with Gasteiger partial charge in [0.1, 0.15) is 0 Å². The molecule has 0 aromatic carbocycles. The summed E-state index contributed by atoms with van der Waals surface area (Å²) in [7, 11) is 0. The largest absolute Gasteiger partial charge is 0.392 e. The second kappa shape index (κ2) is 7.98. The normalized spacial score (nSPS) is 12.9. The van der Waals surface area contributed by atoms with Crippen molar-refractivity contribution in [2.24, 2.45) is 11.7 Å². The molecule has 1 unspecified atom stereocenters. The molecule has 0 heterocycles. The summed E-state index contributed by atoms with van der Waals surface area (Å²) in [6.45, 7) is 2.15. The van der Waals surface area contributed by atoms with E-state index in [1.807, 2.05) is 6.92 Å². The topological polar surface area (TPSA) is 46.3 Å². The Hall–Kier alpha value is -1.22. The molecule has 0 aromatic heterocycles. The zero-order valence-corrected chi connectivity index (χ0v) is 10.5. The zero-order chi connectivity index (χ0) is 14.2. The van der Waals surface area contributed by atoms with Gasteiger partial charge >= 0.3 is 6.18 Å². The summed E-state index contributed by atoms with van der Waals surface area (Å²) in [4.78, 5) is 13.0. The van der Waals surface area contributed by atoms with Crippen molar-refractivity contribution in [2.45, 2.75) is 32.4 Å². The van der Waals surface area contributed by atoms with Crippen molar-refractivity contribution in [3.05, 3.63) is 0 Å². The van der Waals surface area contributed by atoms with Crippen LogP contribution in [0.15, 0.2) is 0 Å². The number of nitrogens with two attached hydrogens (primary N) is 1. The summed E-state index contributed by atoms with van der Waals surface area (Å²) in [6, 6.07) is 0. The molecule has 3 nitrogen and oxygen atoms in total. The van der Waals surface area contributed by atoms with Crippen LogP contribution >= 0.6 is 0 Å². The van der Waals surface area contributed by atoms with E-state index in [2.05, 4.69) is 5.92 Å². The molecular formula is C12H19F3N2O. The Morgan fingerprint density at radius 3 is 2.50 bits per heavy atom. The van der Waals surface area contributed by atoms with Gasteiger partial charge in [0.15, 0.2) is 0 Å². The van der Waals surface area contributed by atoms with Crippen LogP contribution in [0.4, 0.5) is 13.2 Å². The van der Waals surface area contributed by atoms with Crippen molar-refractivity contribution >= 4 is 5.91 Å². The third kappa shape index (κ3) is 5.92. The van der Waals surface area contributed by atoms with Gasteiger partial charge in [-0.2, -0.15) is 13.2 Å². The minimum absolute atomic E-state index is 0.0415. The van der Waals surface area contributed by atoms with Gasteiger partial charge in [0.2, 0.25) is 5.91 Å². The van der Waals surface area contributed by atoms with E-state index >= 15 is 0 Å². The van der Waals surface area contributed by atoms with Crippen LogP contribution in [0.2, 0.25) is 0 Å². The first-order valence-electron chi connectivity index (χ1n) is 5.84. The number of rotatable bonds is 7. The zero-order valence-electron chi connectivity index (χ0n) is 10.5. The van der Waals surface area contributed by atoms with Gasteiger partial charge in [-0.1, -0.05) is 12.8 Å². The molecule has 1 atom stereocenters. The molecule has 0 radical (unpaired) electrons. The molecule has 104 valence electrons. The molecule has 0 saturated heterocycles. The Bertz CT molecular complexity index is 297. The summed E-state index contributed by atoms with van der Waals surface area (Å²) in [6.07, 6.45) is 0.515. The van der Waals surface area contributed by atoms with E-state index in [1.165, 1.54) is 4.90 Å². The van der Waals surface area contributed by atoms with Crippen LogP contribution in [0.5, 0.6) is 0 Å². The maximum atomic E-state index is 12.6. The molecule has 0 aliphatic heterocycles. The second-order valence-electron chi connectivity index (χ2n) is 4.04. The number of hydrogen-bond acceptors (Lipinski definition) is 2. The Balaban J connectivity index is 4.61. The first-order valence-corrected chi connectivity index (χ1v) is 5.84. The van der Waals surface area contributed by atoms with E-state index < -0.39 is 24.4 Å². The minimum Gasteiger partial charge on any atom is -0.332 e. The van der Waals surface area contributed by atoms with E-state index in [0.29, 0.717) is 13.0 Å². The number of carbonyl (C=O) groups excluding carboxylic acids is 1. The van der Waals surface area contributed by atoms with Gasteiger partial charge < -0.3 is 10.6 Å². The highest BCUT2D eigenvalue weighted by Crippen LogP contribution is 2.31. The number of nitrogens with zero attached hydrogens (tertiary/aromatic N) is 1. The number of alkyl halides is 3. The van der Waals surface area contributed by atoms with Crippen LogP contribution in [-0.4, -0.2) is 36.6 Å². The van der Waals surface area contributed by atoms with Crippen LogP contribution in [0.25, 0.3) is 0 Å². The van der Waals surface area contributed by atoms with Gasteiger partial charge in [0.05, 0.1) is 12.5 Å². The average Bonchev–Trinajstić information content (AvgIpc) is 2.26. The first-order chi connectivity index (χ1) is 8.36. The lowest BCUT2D eigenvalue weighted by Crippen LogP contribution is -2.37. The number of amides is 1. The van der Waals surface area contributed by atoms with Crippen LogP contribution in [0.3, 0.4) is 0 Å². The fraction of sp³-hybridized carbons (Fsp3) is 0.750. The molecule has 0 bridgehead atoms. The van der Waals surface area contributed by atoms with E-state index in [9.17, 15) is 18.0 Å². The SMILES string of the molecule is C#CCN(CCC)C(=O)CC(CCN)C(F)(F)F. The lowest BCUT2D eigenvalue weighted by molar-refractivity contribution is -0.182. The Morgan fingerprint density at radius 2 is 2.11 bits per heavy atom. The predicted molar refractivity (Wildman–Crippen MR) is 63.5 cm³/mol. The standard InChI is InChI=1S/C12H19F3N2O/c1-3-7-17(8-4-2)11(18)9-10(5-6-16)12(13,14)15/h1,10H,4-9,16H2,2H3. The van der Waals surface area contributed by atoms with Crippen LogP contribution < -0.4 is 5.73 Å².